The smallest absolute Gasteiger partial charge is 0.0230 e. The van der Waals surface area contributed by atoms with Crippen LogP contribution in [0.5, 0.6) is 0 Å². The van der Waals surface area contributed by atoms with Crippen LogP contribution in [0, 0.1) is 0 Å². The number of rotatable bonds is 10. The number of hydrogen-bond donors (Lipinski definition) is 1. The number of benzene rings is 1. The van der Waals surface area contributed by atoms with Crippen molar-refractivity contribution in [3.05, 3.63) is 35.4 Å². The summed E-state index contributed by atoms with van der Waals surface area (Å²) in [6.45, 7) is 7.61. The minimum absolute atomic E-state index is 0.978. The zero-order valence-corrected chi connectivity index (χ0v) is 13.7. The highest BCUT2D eigenvalue weighted by molar-refractivity contribution is 5.23. The average molecular weight is 277 g/mol. The zero-order chi connectivity index (χ0) is 14.8. The lowest BCUT2D eigenvalue weighted by atomic mass is 10.1. The van der Waals surface area contributed by atoms with E-state index in [-0.39, 0.29) is 0 Å². The van der Waals surface area contributed by atoms with Gasteiger partial charge in [-0.15, -0.1) is 0 Å². The van der Waals surface area contributed by atoms with Crippen molar-refractivity contribution in [1.82, 2.24) is 15.1 Å². The first-order valence-corrected chi connectivity index (χ1v) is 7.73. The van der Waals surface area contributed by atoms with E-state index in [9.17, 15) is 0 Å². The standard InChI is InChI=1S/C17H31N3/c1-5-10-18-14-16-8-6-9-17(13-16)15-20(4)12-7-11-19(2)3/h6,8-9,13,18H,5,7,10-12,14-15H2,1-4H3. The molecule has 0 saturated carbocycles. The van der Waals surface area contributed by atoms with Crippen LogP contribution in [0.15, 0.2) is 24.3 Å². The lowest BCUT2D eigenvalue weighted by Gasteiger charge is -2.18. The Morgan fingerprint density at radius 2 is 1.80 bits per heavy atom. The Morgan fingerprint density at radius 1 is 1.05 bits per heavy atom. The first-order valence-electron chi connectivity index (χ1n) is 7.73. The van der Waals surface area contributed by atoms with Gasteiger partial charge in [0.1, 0.15) is 0 Å². The summed E-state index contributed by atoms with van der Waals surface area (Å²) in [6, 6.07) is 8.93. The van der Waals surface area contributed by atoms with Crippen LogP contribution in [0.4, 0.5) is 0 Å². The molecule has 1 aromatic carbocycles. The average Bonchev–Trinajstić information content (AvgIpc) is 2.39. The Labute approximate surface area is 125 Å². The number of hydrogen-bond acceptors (Lipinski definition) is 3. The van der Waals surface area contributed by atoms with Crippen LogP contribution in [-0.4, -0.2) is 50.6 Å². The summed E-state index contributed by atoms with van der Waals surface area (Å²) < 4.78 is 0. The summed E-state index contributed by atoms with van der Waals surface area (Å²) in [5, 5.41) is 3.46. The second-order valence-electron chi connectivity index (χ2n) is 5.89. The predicted octanol–water partition coefficient (Wildman–Crippen LogP) is 2.57. The second kappa shape index (κ2) is 9.92. The van der Waals surface area contributed by atoms with Crippen molar-refractivity contribution in [2.45, 2.75) is 32.9 Å². The van der Waals surface area contributed by atoms with Gasteiger partial charge < -0.3 is 15.1 Å². The minimum Gasteiger partial charge on any atom is -0.313 e. The quantitative estimate of drug-likeness (QED) is 0.663. The SMILES string of the molecule is CCCNCc1cccc(CN(C)CCCN(C)C)c1. The van der Waals surface area contributed by atoms with Crippen LogP contribution in [0.25, 0.3) is 0 Å². The van der Waals surface area contributed by atoms with Crippen molar-refractivity contribution in [1.29, 1.82) is 0 Å². The molecule has 0 spiro atoms. The Morgan fingerprint density at radius 3 is 2.50 bits per heavy atom. The molecule has 0 aliphatic rings. The fraction of sp³-hybridized carbons (Fsp3) is 0.647. The Balaban J connectivity index is 2.36. The lowest BCUT2D eigenvalue weighted by Crippen LogP contribution is -2.23. The molecule has 0 atom stereocenters. The molecule has 0 aromatic heterocycles. The molecule has 1 aromatic rings. The third-order valence-electron chi connectivity index (χ3n) is 3.34. The predicted molar refractivity (Wildman–Crippen MR) is 87.9 cm³/mol. The van der Waals surface area contributed by atoms with Gasteiger partial charge in [0, 0.05) is 13.1 Å². The Hall–Kier alpha value is -0.900. The van der Waals surface area contributed by atoms with E-state index in [2.05, 4.69) is 67.4 Å². The third-order valence-corrected chi connectivity index (χ3v) is 3.34. The van der Waals surface area contributed by atoms with Gasteiger partial charge >= 0.3 is 0 Å². The molecular weight excluding hydrogens is 246 g/mol. The number of nitrogens with one attached hydrogen (secondary N) is 1. The normalized spacial score (nSPS) is 11.5. The molecule has 0 amide bonds. The fourth-order valence-corrected chi connectivity index (χ4v) is 2.30. The van der Waals surface area contributed by atoms with Gasteiger partial charge in [0.25, 0.3) is 0 Å². The van der Waals surface area contributed by atoms with Gasteiger partial charge in [0.05, 0.1) is 0 Å². The van der Waals surface area contributed by atoms with E-state index >= 15 is 0 Å². The van der Waals surface area contributed by atoms with Gasteiger partial charge in [-0.2, -0.15) is 0 Å². The first kappa shape index (κ1) is 17.2. The summed E-state index contributed by atoms with van der Waals surface area (Å²) in [5.74, 6) is 0. The van der Waals surface area contributed by atoms with E-state index in [1.54, 1.807) is 0 Å². The maximum Gasteiger partial charge on any atom is 0.0230 e. The summed E-state index contributed by atoms with van der Waals surface area (Å²) >= 11 is 0. The van der Waals surface area contributed by atoms with Crippen molar-refractivity contribution >= 4 is 0 Å². The second-order valence-corrected chi connectivity index (χ2v) is 5.89. The minimum atomic E-state index is 0.978. The molecule has 114 valence electrons. The summed E-state index contributed by atoms with van der Waals surface area (Å²) in [5.41, 5.74) is 2.80. The van der Waals surface area contributed by atoms with E-state index in [4.69, 9.17) is 0 Å². The van der Waals surface area contributed by atoms with E-state index in [1.165, 1.54) is 24.0 Å². The van der Waals surface area contributed by atoms with Crippen LogP contribution < -0.4 is 5.32 Å². The maximum absolute atomic E-state index is 3.46. The summed E-state index contributed by atoms with van der Waals surface area (Å²) in [4.78, 5) is 4.65. The van der Waals surface area contributed by atoms with Gasteiger partial charge in [0.15, 0.2) is 0 Å². The van der Waals surface area contributed by atoms with Gasteiger partial charge in [-0.25, -0.2) is 0 Å². The largest absolute Gasteiger partial charge is 0.313 e. The molecule has 0 bridgehead atoms. The highest BCUT2D eigenvalue weighted by Crippen LogP contribution is 2.08. The molecule has 0 saturated heterocycles. The van der Waals surface area contributed by atoms with Gasteiger partial charge in [0.2, 0.25) is 0 Å². The molecule has 0 aliphatic carbocycles. The lowest BCUT2D eigenvalue weighted by molar-refractivity contribution is 0.294. The van der Waals surface area contributed by atoms with Crippen LogP contribution in [0.2, 0.25) is 0 Å². The molecule has 0 fully saturated rings. The molecule has 0 unspecified atom stereocenters. The van der Waals surface area contributed by atoms with Gasteiger partial charge in [-0.05, 0) is 64.7 Å². The fourth-order valence-electron chi connectivity index (χ4n) is 2.30. The van der Waals surface area contributed by atoms with Crippen molar-refractivity contribution in [2.24, 2.45) is 0 Å². The van der Waals surface area contributed by atoms with Crippen LogP contribution in [0.3, 0.4) is 0 Å². The highest BCUT2D eigenvalue weighted by Gasteiger charge is 2.02. The summed E-state index contributed by atoms with van der Waals surface area (Å²) in [7, 11) is 6.47. The van der Waals surface area contributed by atoms with Gasteiger partial charge in [-0.3, -0.25) is 0 Å². The van der Waals surface area contributed by atoms with E-state index in [0.29, 0.717) is 0 Å². The van der Waals surface area contributed by atoms with E-state index < -0.39 is 0 Å². The highest BCUT2D eigenvalue weighted by atomic mass is 15.1. The maximum atomic E-state index is 3.46. The van der Waals surface area contributed by atoms with E-state index in [1.807, 2.05) is 0 Å². The molecule has 1 rings (SSSR count). The topological polar surface area (TPSA) is 18.5 Å². The summed E-state index contributed by atoms with van der Waals surface area (Å²) in [6.07, 6.45) is 2.41. The third kappa shape index (κ3) is 7.63. The monoisotopic (exact) mass is 277 g/mol. The van der Waals surface area contributed by atoms with Crippen molar-refractivity contribution in [3.63, 3.8) is 0 Å². The molecule has 0 aliphatic heterocycles. The van der Waals surface area contributed by atoms with Crippen LogP contribution in [-0.2, 0) is 13.1 Å². The molecule has 20 heavy (non-hydrogen) atoms. The molecule has 1 N–H and O–H groups in total. The van der Waals surface area contributed by atoms with E-state index in [0.717, 1.165) is 32.7 Å². The Bertz CT molecular complexity index is 363. The molecule has 0 heterocycles. The molecule has 3 nitrogen and oxygen atoms in total. The first-order chi connectivity index (χ1) is 9.61. The van der Waals surface area contributed by atoms with Crippen LogP contribution >= 0.6 is 0 Å². The molecular formula is C17H31N3. The van der Waals surface area contributed by atoms with Gasteiger partial charge in [-0.1, -0.05) is 31.2 Å². The van der Waals surface area contributed by atoms with Crippen LogP contribution in [0.1, 0.15) is 30.9 Å². The molecule has 3 heteroatoms. The van der Waals surface area contributed by atoms with Crippen molar-refractivity contribution in [2.75, 3.05) is 40.8 Å². The Kier molecular flexibility index (Phi) is 8.51. The van der Waals surface area contributed by atoms with Crippen molar-refractivity contribution < 1.29 is 0 Å². The molecule has 0 radical (unpaired) electrons. The zero-order valence-electron chi connectivity index (χ0n) is 13.7. The van der Waals surface area contributed by atoms with Crippen molar-refractivity contribution in [3.8, 4) is 0 Å². The number of nitrogens with zero attached hydrogens (tertiary/aromatic N) is 2.